The van der Waals surface area contributed by atoms with E-state index in [0.29, 0.717) is 19.4 Å². The lowest BCUT2D eigenvalue weighted by atomic mass is 10.1. The first kappa shape index (κ1) is 15.0. The number of benzene rings is 1. The minimum atomic E-state index is 0.0397. The van der Waals surface area contributed by atoms with Crippen molar-refractivity contribution >= 4 is 11.6 Å². The number of hydrogen-bond donors (Lipinski definition) is 2. The quantitative estimate of drug-likeness (QED) is 0.445. The third-order valence-corrected chi connectivity index (χ3v) is 2.65. The highest BCUT2D eigenvalue weighted by Gasteiger charge is 2.00. The van der Waals surface area contributed by atoms with Crippen LogP contribution in [0.15, 0.2) is 29.4 Å². The van der Waals surface area contributed by atoms with Crippen LogP contribution in [0.4, 0.5) is 0 Å². The molecule has 104 valence electrons. The van der Waals surface area contributed by atoms with E-state index < -0.39 is 0 Å². The summed E-state index contributed by atoms with van der Waals surface area (Å²) in [6, 6.07) is 7.74. The summed E-state index contributed by atoms with van der Waals surface area (Å²) < 4.78 is 5.56. The Morgan fingerprint density at radius 2 is 1.95 bits per heavy atom. The van der Waals surface area contributed by atoms with Gasteiger partial charge < -0.3 is 15.5 Å². The van der Waals surface area contributed by atoms with Crippen LogP contribution in [0.25, 0.3) is 0 Å². The molecule has 0 atom stereocenters. The van der Waals surface area contributed by atoms with Crippen LogP contribution in [0.1, 0.15) is 25.3 Å². The highest BCUT2D eigenvalue weighted by molar-refractivity contribution is 5.98. The molecule has 0 aliphatic heterocycles. The summed E-state index contributed by atoms with van der Waals surface area (Å²) in [5.41, 5.74) is 4.73. The van der Waals surface area contributed by atoms with Gasteiger partial charge in [0.25, 0.3) is 0 Å². The lowest BCUT2D eigenvalue weighted by Crippen LogP contribution is -2.18. The molecule has 1 amide bonds. The average molecular weight is 263 g/mol. The van der Waals surface area contributed by atoms with Gasteiger partial charge in [-0.1, -0.05) is 0 Å². The van der Waals surface area contributed by atoms with Gasteiger partial charge in [0.1, 0.15) is 5.75 Å². The van der Waals surface area contributed by atoms with Gasteiger partial charge in [0.05, 0.1) is 12.3 Å². The Bertz CT molecular complexity index is 427. The highest BCUT2D eigenvalue weighted by atomic mass is 16.5. The molecule has 0 bridgehead atoms. The van der Waals surface area contributed by atoms with Crippen LogP contribution in [0.2, 0.25) is 0 Å². The maximum Gasteiger partial charge on any atom is 0.219 e. The second kappa shape index (κ2) is 8.13. The largest absolute Gasteiger partial charge is 0.494 e. The molecule has 5 heteroatoms. The van der Waals surface area contributed by atoms with E-state index in [9.17, 15) is 4.79 Å². The van der Waals surface area contributed by atoms with Crippen LogP contribution in [0, 0.1) is 0 Å². The second-order valence-corrected chi connectivity index (χ2v) is 4.07. The molecule has 0 aromatic heterocycles. The van der Waals surface area contributed by atoms with E-state index in [-0.39, 0.29) is 5.91 Å². The van der Waals surface area contributed by atoms with Crippen LogP contribution >= 0.6 is 0 Å². The molecule has 19 heavy (non-hydrogen) atoms. The number of ether oxygens (including phenoxy) is 1. The minimum absolute atomic E-state index is 0.0397. The zero-order chi connectivity index (χ0) is 14.1. The molecule has 2 N–H and O–H groups in total. The number of carbonyl (C=O) groups is 1. The van der Waals surface area contributed by atoms with E-state index in [4.69, 9.17) is 4.74 Å². The van der Waals surface area contributed by atoms with Crippen LogP contribution in [0.5, 0.6) is 5.75 Å². The molecule has 0 unspecified atom stereocenters. The van der Waals surface area contributed by atoms with Gasteiger partial charge in [0.2, 0.25) is 5.91 Å². The van der Waals surface area contributed by atoms with E-state index in [2.05, 4.69) is 15.8 Å². The van der Waals surface area contributed by atoms with Crippen molar-refractivity contribution in [2.24, 2.45) is 5.10 Å². The fraction of sp³-hybridized carbons (Fsp3) is 0.429. The normalized spacial score (nSPS) is 11.0. The molecule has 0 radical (unpaired) electrons. The van der Waals surface area contributed by atoms with Gasteiger partial charge in [-0.3, -0.25) is 4.79 Å². The van der Waals surface area contributed by atoms with Gasteiger partial charge in [-0.15, -0.1) is 0 Å². The molecule has 0 aliphatic carbocycles. The van der Waals surface area contributed by atoms with Crippen LogP contribution in [-0.2, 0) is 4.79 Å². The summed E-state index contributed by atoms with van der Waals surface area (Å²) in [5.74, 6) is 0.843. The molecule has 5 nitrogen and oxygen atoms in total. The lowest BCUT2D eigenvalue weighted by molar-refractivity contribution is -0.120. The van der Waals surface area contributed by atoms with Gasteiger partial charge in [0, 0.05) is 20.5 Å². The zero-order valence-electron chi connectivity index (χ0n) is 11.7. The smallest absolute Gasteiger partial charge is 0.219 e. The van der Waals surface area contributed by atoms with Crippen molar-refractivity contribution in [3.63, 3.8) is 0 Å². The molecule has 0 saturated heterocycles. The summed E-state index contributed by atoms with van der Waals surface area (Å²) in [6.45, 7) is 2.48. The molecule has 1 aromatic rings. The Kier molecular flexibility index (Phi) is 6.43. The average Bonchev–Trinajstić information content (AvgIpc) is 2.44. The third kappa shape index (κ3) is 5.42. The number of hydrogen-bond acceptors (Lipinski definition) is 4. The van der Waals surface area contributed by atoms with E-state index in [1.807, 2.05) is 31.2 Å². The molecular formula is C14H21N3O2. The fourth-order valence-corrected chi connectivity index (χ4v) is 1.57. The van der Waals surface area contributed by atoms with Crippen LogP contribution in [0.3, 0.4) is 0 Å². The Morgan fingerprint density at radius 1 is 1.26 bits per heavy atom. The number of nitrogens with one attached hydrogen (secondary N) is 2. The van der Waals surface area contributed by atoms with Crippen molar-refractivity contribution in [2.45, 2.75) is 19.8 Å². The monoisotopic (exact) mass is 263 g/mol. The zero-order valence-corrected chi connectivity index (χ0v) is 11.7. The topological polar surface area (TPSA) is 62.7 Å². The Labute approximate surface area is 114 Å². The second-order valence-electron chi connectivity index (χ2n) is 4.07. The summed E-state index contributed by atoms with van der Waals surface area (Å²) in [5, 5.41) is 6.69. The summed E-state index contributed by atoms with van der Waals surface area (Å²) in [7, 11) is 3.41. The van der Waals surface area contributed by atoms with Gasteiger partial charge >= 0.3 is 0 Å². The summed E-state index contributed by atoms with van der Waals surface area (Å²) in [4.78, 5) is 11.0. The van der Waals surface area contributed by atoms with Crippen molar-refractivity contribution in [3.8, 4) is 5.75 Å². The molecule has 0 aliphatic rings. The fourth-order valence-electron chi connectivity index (χ4n) is 1.57. The molecular weight excluding hydrogens is 242 g/mol. The van der Waals surface area contributed by atoms with Gasteiger partial charge in [-0.05, 0) is 43.2 Å². The van der Waals surface area contributed by atoms with E-state index in [1.54, 1.807) is 14.1 Å². The van der Waals surface area contributed by atoms with E-state index >= 15 is 0 Å². The summed E-state index contributed by atoms with van der Waals surface area (Å²) in [6.07, 6.45) is 1.20. The van der Waals surface area contributed by atoms with Gasteiger partial charge in [-0.25, -0.2) is 0 Å². The van der Waals surface area contributed by atoms with Crippen molar-refractivity contribution in [2.75, 3.05) is 20.7 Å². The summed E-state index contributed by atoms with van der Waals surface area (Å²) >= 11 is 0. The maximum atomic E-state index is 11.0. The van der Waals surface area contributed by atoms with Crippen LogP contribution < -0.4 is 15.5 Å². The minimum Gasteiger partial charge on any atom is -0.494 e. The molecule has 1 rings (SSSR count). The molecule has 0 fully saturated rings. The first-order chi connectivity index (χ1) is 9.17. The first-order valence-corrected chi connectivity index (χ1v) is 6.32. The van der Waals surface area contributed by atoms with Crippen molar-refractivity contribution in [3.05, 3.63) is 29.8 Å². The number of carbonyl (C=O) groups excluding carboxylic acids is 1. The maximum absolute atomic E-state index is 11.0. The Hall–Kier alpha value is -2.04. The number of rotatable bonds is 7. The third-order valence-electron chi connectivity index (χ3n) is 2.65. The van der Waals surface area contributed by atoms with Gasteiger partial charge in [-0.2, -0.15) is 5.10 Å². The molecule has 0 heterocycles. The first-order valence-electron chi connectivity index (χ1n) is 6.32. The lowest BCUT2D eigenvalue weighted by Gasteiger charge is -2.07. The number of hydrazone groups is 1. The van der Waals surface area contributed by atoms with Gasteiger partial charge in [0.15, 0.2) is 0 Å². The predicted molar refractivity (Wildman–Crippen MR) is 76.5 cm³/mol. The predicted octanol–water partition coefficient (Wildman–Crippen LogP) is 1.53. The van der Waals surface area contributed by atoms with E-state index in [0.717, 1.165) is 17.0 Å². The SMILES string of the molecule is CN/N=C(\C)c1ccc(OCCCC(=O)NC)cc1. The van der Waals surface area contributed by atoms with Crippen molar-refractivity contribution in [1.82, 2.24) is 10.7 Å². The standard InChI is InChI=1S/C14H21N3O2/c1-11(17-16-3)12-6-8-13(9-7-12)19-10-4-5-14(18)15-2/h6-9,16H,4-5,10H2,1-3H3,(H,15,18)/b17-11+. The number of nitrogens with zero attached hydrogens (tertiary/aromatic N) is 1. The molecule has 0 spiro atoms. The highest BCUT2D eigenvalue weighted by Crippen LogP contribution is 2.13. The number of amides is 1. The molecule has 1 aromatic carbocycles. The van der Waals surface area contributed by atoms with Crippen molar-refractivity contribution < 1.29 is 9.53 Å². The molecule has 0 saturated carbocycles. The van der Waals surface area contributed by atoms with Crippen LogP contribution in [-0.4, -0.2) is 32.3 Å². The van der Waals surface area contributed by atoms with E-state index in [1.165, 1.54) is 0 Å². The Morgan fingerprint density at radius 3 is 2.53 bits per heavy atom. The Balaban J connectivity index is 2.40. The van der Waals surface area contributed by atoms with Crippen molar-refractivity contribution in [1.29, 1.82) is 0 Å².